The van der Waals surface area contributed by atoms with E-state index in [2.05, 4.69) is 4.74 Å². The highest BCUT2D eigenvalue weighted by atomic mass is 16.6. The van der Waals surface area contributed by atoms with Gasteiger partial charge in [0.1, 0.15) is 0 Å². The number of methoxy groups -OCH3 is 1. The molecule has 0 aromatic heterocycles. The van der Waals surface area contributed by atoms with Gasteiger partial charge in [0, 0.05) is 7.11 Å². The van der Waals surface area contributed by atoms with Crippen molar-refractivity contribution in [2.24, 2.45) is 0 Å². The van der Waals surface area contributed by atoms with E-state index in [1.54, 1.807) is 0 Å². The van der Waals surface area contributed by atoms with Crippen molar-refractivity contribution in [3.8, 4) is 0 Å². The van der Waals surface area contributed by atoms with Crippen LogP contribution in [0.25, 0.3) is 0 Å². The van der Waals surface area contributed by atoms with Gasteiger partial charge in [-0.3, -0.25) is 0 Å². The molecule has 0 aromatic carbocycles. The predicted octanol–water partition coefficient (Wildman–Crippen LogP) is -1.74. The monoisotopic (exact) mass is 108 g/mol. The van der Waals surface area contributed by atoms with Crippen molar-refractivity contribution in [3.05, 3.63) is 0 Å². The molecule has 0 rings (SSSR count). The molecule has 3 N–H and O–H groups in total. The Morgan fingerprint density at radius 1 is 1.29 bits per heavy atom. The second-order valence-electron chi connectivity index (χ2n) is 1.04. The predicted molar refractivity (Wildman–Crippen MR) is 21.2 cm³/mol. The molecule has 0 aromatic rings. The number of aliphatic hydroxyl groups is 3. The maximum absolute atomic E-state index is 8.21. The van der Waals surface area contributed by atoms with Crippen LogP contribution in [0.3, 0.4) is 0 Å². The molecule has 44 valence electrons. The van der Waals surface area contributed by atoms with Gasteiger partial charge in [-0.05, 0) is 0 Å². The first-order chi connectivity index (χ1) is 3.18. The summed E-state index contributed by atoms with van der Waals surface area (Å²) in [6, 6.07) is 0. The van der Waals surface area contributed by atoms with E-state index in [9.17, 15) is 0 Å². The van der Waals surface area contributed by atoms with Crippen LogP contribution < -0.4 is 0 Å². The van der Waals surface area contributed by atoms with Crippen molar-refractivity contribution in [2.75, 3.05) is 7.11 Å². The second kappa shape index (κ2) is 2.92. The zero-order valence-electron chi connectivity index (χ0n) is 3.90. The van der Waals surface area contributed by atoms with Crippen LogP contribution in [-0.4, -0.2) is 35.0 Å². The molecule has 0 heterocycles. The molecule has 0 aliphatic rings. The van der Waals surface area contributed by atoms with Crippen LogP contribution in [0.2, 0.25) is 0 Å². The topological polar surface area (TPSA) is 69.9 Å². The molecule has 0 saturated heterocycles. The fraction of sp³-hybridized carbons (Fsp3) is 1.00. The highest BCUT2D eigenvalue weighted by molar-refractivity contribution is 4.35. The van der Waals surface area contributed by atoms with Gasteiger partial charge in [0.05, 0.1) is 0 Å². The quantitative estimate of drug-likeness (QED) is 0.367. The van der Waals surface area contributed by atoms with E-state index in [0.29, 0.717) is 0 Å². The van der Waals surface area contributed by atoms with Gasteiger partial charge in [-0.15, -0.1) is 0 Å². The number of hydrogen-bond donors (Lipinski definition) is 3. The summed E-state index contributed by atoms with van der Waals surface area (Å²) in [6.07, 6.45) is -3.29. The molecular formula is C3H8O4. The van der Waals surface area contributed by atoms with E-state index in [-0.39, 0.29) is 0 Å². The molecule has 0 aliphatic heterocycles. The van der Waals surface area contributed by atoms with Crippen molar-refractivity contribution >= 4 is 0 Å². The first-order valence-electron chi connectivity index (χ1n) is 1.75. The minimum atomic E-state index is -1.80. The number of hydrogen-bond acceptors (Lipinski definition) is 4. The SMILES string of the molecule is COC(O)C(O)O. The van der Waals surface area contributed by atoms with E-state index in [4.69, 9.17) is 15.3 Å². The Bertz CT molecular complexity index is 44.2. The smallest absolute Gasteiger partial charge is 0.206 e. The van der Waals surface area contributed by atoms with Crippen LogP contribution in [-0.2, 0) is 4.74 Å². The van der Waals surface area contributed by atoms with Gasteiger partial charge < -0.3 is 20.1 Å². The Morgan fingerprint density at radius 3 is 1.71 bits per heavy atom. The lowest BCUT2D eigenvalue weighted by Crippen LogP contribution is -2.26. The van der Waals surface area contributed by atoms with Crippen LogP contribution >= 0.6 is 0 Å². The first kappa shape index (κ1) is 6.84. The normalized spacial score (nSPS) is 15.0. The fourth-order valence-electron chi connectivity index (χ4n) is 0.122. The van der Waals surface area contributed by atoms with Crippen LogP contribution in [0.5, 0.6) is 0 Å². The molecule has 0 bridgehead atoms. The van der Waals surface area contributed by atoms with E-state index < -0.39 is 12.6 Å². The minimum Gasteiger partial charge on any atom is -0.364 e. The summed E-state index contributed by atoms with van der Waals surface area (Å²) in [5.74, 6) is 0. The maximum atomic E-state index is 8.21. The van der Waals surface area contributed by atoms with Gasteiger partial charge in [-0.2, -0.15) is 0 Å². The van der Waals surface area contributed by atoms with Crippen LogP contribution in [0, 0.1) is 0 Å². The van der Waals surface area contributed by atoms with Crippen molar-refractivity contribution in [2.45, 2.75) is 12.6 Å². The molecule has 0 radical (unpaired) electrons. The molecule has 0 aliphatic carbocycles. The lowest BCUT2D eigenvalue weighted by Gasteiger charge is -2.08. The number of rotatable bonds is 2. The molecule has 0 amide bonds. The molecule has 1 unspecified atom stereocenters. The summed E-state index contributed by atoms with van der Waals surface area (Å²) in [7, 11) is 1.17. The van der Waals surface area contributed by atoms with E-state index in [0.717, 1.165) is 0 Å². The first-order valence-corrected chi connectivity index (χ1v) is 1.75. The molecular weight excluding hydrogens is 100 g/mol. The molecule has 0 spiro atoms. The van der Waals surface area contributed by atoms with E-state index in [1.807, 2.05) is 0 Å². The van der Waals surface area contributed by atoms with Crippen LogP contribution in [0.15, 0.2) is 0 Å². The zero-order valence-corrected chi connectivity index (χ0v) is 3.90. The molecule has 0 saturated carbocycles. The molecule has 4 nitrogen and oxygen atoms in total. The standard InChI is InChI=1S/C3H8O4/c1-7-3(6)2(4)5/h2-6H,1H3. The third kappa shape index (κ3) is 2.52. The van der Waals surface area contributed by atoms with E-state index in [1.165, 1.54) is 7.11 Å². The molecule has 0 fully saturated rings. The second-order valence-corrected chi connectivity index (χ2v) is 1.04. The van der Waals surface area contributed by atoms with Gasteiger partial charge in [0.15, 0.2) is 0 Å². The van der Waals surface area contributed by atoms with Gasteiger partial charge in [-0.1, -0.05) is 0 Å². The largest absolute Gasteiger partial charge is 0.364 e. The Labute approximate surface area is 41.0 Å². The Hall–Kier alpha value is -0.160. The third-order valence-corrected chi connectivity index (χ3v) is 0.497. The van der Waals surface area contributed by atoms with Crippen molar-refractivity contribution in [3.63, 3.8) is 0 Å². The Balaban J connectivity index is 3.14. The Kier molecular flexibility index (Phi) is 2.86. The lowest BCUT2D eigenvalue weighted by molar-refractivity contribution is -0.220. The van der Waals surface area contributed by atoms with Crippen molar-refractivity contribution < 1.29 is 20.1 Å². The zero-order chi connectivity index (χ0) is 5.86. The third-order valence-electron chi connectivity index (χ3n) is 0.497. The lowest BCUT2D eigenvalue weighted by atomic mass is 10.6. The van der Waals surface area contributed by atoms with Crippen molar-refractivity contribution in [1.82, 2.24) is 0 Å². The van der Waals surface area contributed by atoms with Gasteiger partial charge >= 0.3 is 0 Å². The average Bonchev–Trinajstić information content (AvgIpc) is 1.65. The van der Waals surface area contributed by atoms with Crippen LogP contribution in [0.1, 0.15) is 0 Å². The van der Waals surface area contributed by atoms with E-state index >= 15 is 0 Å². The molecule has 7 heavy (non-hydrogen) atoms. The molecule has 1 atom stereocenters. The summed E-state index contributed by atoms with van der Waals surface area (Å²) in [5.41, 5.74) is 0. The summed E-state index contributed by atoms with van der Waals surface area (Å²) in [6.45, 7) is 0. The summed E-state index contributed by atoms with van der Waals surface area (Å²) in [5, 5.41) is 24.2. The Morgan fingerprint density at radius 2 is 1.71 bits per heavy atom. The van der Waals surface area contributed by atoms with Gasteiger partial charge in [-0.25, -0.2) is 0 Å². The highest BCUT2D eigenvalue weighted by Gasteiger charge is 2.08. The maximum Gasteiger partial charge on any atom is 0.206 e. The van der Waals surface area contributed by atoms with Crippen LogP contribution in [0.4, 0.5) is 0 Å². The summed E-state index contributed by atoms with van der Waals surface area (Å²) < 4.78 is 4.07. The fourth-order valence-corrected chi connectivity index (χ4v) is 0.122. The molecule has 4 heteroatoms. The summed E-state index contributed by atoms with van der Waals surface area (Å²) >= 11 is 0. The highest BCUT2D eigenvalue weighted by Crippen LogP contribution is 1.85. The summed E-state index contributed by atoms with van der Waals surface area (Å²) in [4.78, 5) is 0. The van der Waals surface area contributed by atoms with Gasteiger partial charge in [0.2, 0.25) is 12.6 Å². The van der Waals surface area contributed by atoms with Gasteiger partial charge in [0.25, 0.3) is 0 Å². The van der Waals surface area contributed by atoms with Crippen molar-refractivity contribution in [1.29, 1.82) is 0 Å². The number of aliphatic hydroxyl groups excluding tert-OH is 2. The number of ether oxygens (including phenoxy) is 1. The minimum absolute atomic E-state index is 1.17. The average molecular weight is 108 g/mol.